The molecule has 2 atom stereocenters. The van der Waals surface area contributed by atoms with Gasteiger partial charge in [0.1, 0.15) is 5.75 Å². The maximum absolute atomic E-state index is 5.80. The standard InChI is InChI=1S/C16H24BrNO/c1-5-18-15(13-10-16(13,3)4)12-9-11(17)7-8-14(12)19-6-2/h7-9,13,15,18H,5-6,10H2,1-4H3. The molecule has 3 heteroatoms. The summed E-state index contributed by atoms with van der Waals surface area (Å²) in [6.45, 7) is 10.6. The summed E-state index contributed by atoms with van der Waals surface area (Å²) in [5.41, 5.74) is 1.73. The lowest BCUT2D eigenvalue weighted by Crippen LogP contribution is -2.25. The van der Waals surface area contributed by atoms with E-state index in [1.54, 1.807) is 0 Å². The van der Waals surface area contributed by atoms with Gasteiger partial charge in [-0.1, -0.05) is 36.7 Å². The van der Waals surface area contributed by atoms with Crippen LogP contribution in [0.5, 0.6) is 5.75 Å². The second-order valence-corrected chi connectivity index (χ2v) is 6.87. The molecule has 2 rings (SSSR count). The lowest BCUT2D eigenvalue weighted by atomic mass is 9.96. The zero-order valence-corrected chi connectivity index (χ0v) is 13.9. The van der Waals surface area contributed by atoms with Crippen LogP contribution >= 0.6 is 15.9 Å². The molecule has 0 bridgehead atoms. The van der Waals surface area contributed by atoms with Gasteiger partial charge in [-0.3, -0.25) is 0 Å². The number of hydrogen-bond donors (Lipinski definition) is 1. The number of benzene rings is 1. The Morgan fingerprint density at radius 1 is 1.42 bits per heavy atom. The lowest BCUT2D eigenvalue weighted by molar-refractivity contribution is 0.325. The van der Waals surface area contributed by atoms with Gasteiger partial charge in [0.05, 0.1) is 6.61 Å². The van der Waals surface area contributed by atoms with Crippen LogP contribution in [0, 0.1) is 11.3 Å². The third kappa shape index (κ3) is 3.32. The Labute approximate surface area is 125 Å². The molecular formula is C16H24BrNO. The third-order valence-electron chi connectivity index (χ3n) is 4.02. The minimum absolute atomic E-state index is 0.388. The third-order valence-corrected chi connectivity index (χ3v) is 4.52. The molecule has 19 heavy (non-hydrogen) atoms. The normalized spacial score (nSPS) is 22.1. The molecule has 106 valence electrons. The topological polar surface area (TPSA) is 21.3 Å². The van der Waals surface area contributed by atoms with Crippen LogP contribution in [-0.2, 0) is 0 Å². The molecule has 0 aliphatic heterocycles. The fourth-order valence-corrected chi connectivity index (χ4v) is 3.19. The first-order chi connectivity index (χ1) is 8.99. The van der Waals surface area contributed by atoms with Crippen molar-refractivity contribution in [1.29, 1.82) is 0 Å². The van der Waals surface area contributed by atoms with Crippen LogP contribution in [0.15, 0.2) is 22.7 Å². The largest absolute Gasteiger partial charge is 0.494 e. The summed E-state index contributed by atoms with van der Waals surface area (Å²) in [5.74, 6) is 1.71. The molecule has 1 fully saturated rings. The van der Waals surface area contributed by atoms with E-state index in [4.69, 9.17) is 4.74 Å². The number of rotatable bonds is 6. The van der Waals surface area contributed by atoms with E-state index < -0.39 is 0 Å². The van der Waals surface area contributed by atoms with Crippen molar-refractivity contribution in [2.45, 2.75) is 40.2 Å². The van der Waals surface area contributed by atoms with Crippen LogP contribution in [0.1, 0.15) is 45.7 Å². The van der Waals surface area contributed by atoms with Gasteiger partial charge in [0.15, 0.2) is 0 Å². The summed E-state index contributed by atoms with van der Waals surface area (Å²) in [6, 6.07) is 6.71. The Morgan fingerprint density at radius 2 is 2.11 bits per heavy atom. The summed E-state index contributed by atoms with van der Waals surface area (Å²) in [7, 11) is 0. The van der Waals surface area contributed by atoms with Crippen LogP contribution in [0.3, 0.4) is 0 Å². The van der Waals surface area contributed by atoms with Crippen molar-refractivity contribution < 1.29 is 4.74 Å². The SMILES string of the molecule is CCNC(c1cc(Br)ccc1OCC)C1CC1(C)C. The van der Waals surface area contributed by atoms with Crippen molar-refractivity contribution in [3.8, 4) is 5.75 Å². The molecular weight excluding hydrogens is 302 g/mol. The van der Waals surface area contributed by atoms with Crippen LogP contribution in [-0.4, -0.2) is 13.2 Å². The molecule has 0 radical (unpaired) electrons. The summed E-state index contributed by atoms with van der Waals surface area (Å²) in [6.07, 6.45) is 1.28. The van der Waals surface area contributed by atoms with Crippen LogP contribution in [0.2, 0.25) is 0 Å². The van der Waals surface area contributed by atoms with E-state index in [-0.39, 0.29) is 0 Å². The predicted octanol–water partition coefficient (Wildman–Crippen LogP) is 4.54. The van der Waals surface area contributed by atoms with Crippen molar-refractivity contribution in [2.75, 3.05) is 13.2 Å². The molecule has 2 nitrogen and oxygen atoms in total. The Bertz CT molecular complexity index is 444. The first kappa shape index (κ1) is 14.9. The zero-order valence-electron chi connectivity index (χ0n) is 12.3. The molecule has 0 aromatic heterocycles. The maximum atomic E-state index is 5.80. The molecule has 1 aromatic rings. The minimum Gasteiger partial charge on any atom is -0.494 e. The highest BCUT2D eigenvalue weighted by Crippen LogP contribution is 2.58. The minimum atomic E-state index is 0.388. The molecule has 0 saturated heterocycles. The second-order valence-electron chi connectivity index (χ2n) is 5.95. The van der Waals surface area contributed by atoms with Gasteiger partial charge in [-0.2, -0.15) is 0 Å². The fourth-order valence-electron chi connectivity index (χ4n) is 2.82. The lowest BCUT2D eigenvalue weighted by Gasteiger charge is -2.23. The monoisotopic (exact) mass is 325 g/mol. The summed E-state index contributed by atoms with van der Waals surface area (Å²) in [4.78, 5) is 0. The average Bonchev–Trinajstić information content (AvgIpc) is 2.98. The summed E-state index contributed by atoms with van der Waals surface area (Å²) < 4.78 is 6.92. The Hall–Kier alpha value is -0.540. The van der Waals surface area contributed by atoms with Gasteiger partial charge in [0.2, 0.25) is 0 Å². The van der Waals surface area contributed by atoms with Gasteiger partial charge >= 0.3 is 0 Å². The summed E-state index contributed by atoms with van der Waals surface area (Å²) in [5, 5.41) is 3.64. The van der Waals surface area contributed by atoms with E-state index in [1.807, 2.05) is 6.92 Å². The van der Waals surface area contributed by atoms with Crippen molar-refractivity contribution in [3.63, 3.8) is 0 Å². The Kier molecular flexibility index (Phi) is 4.57. The van der Waals surface area contributed by atoms with E-state index in [9.17, 15) is 0 Å². The van der Waals surface area contributed by atoms with E-state index in [0.29, 0.717) is 24.0 Å². The maximum Gasteiger partial charge on any atom is 0.124 e. The molecule has 0 amide bonds. The first-order valence-corrected chi connectivity index (χ1v) is 7.94. The molecule has 1 aliphatic rings. The van der Waals surface area contributed by atoms with E-state index in [0.717, 1.165) is 16.8 Å². The Morgan fingerprint density at radius 3 is 2.63 bits per heavy atom. The smallest absolute Gasteiger partial charge is 0.124 e. The van der Waals surface area contributed by atoms with Gasteiger partial charge in [-0.15, -0.1) is 0 Å². The average molecular weight is 326 g/mol. The first-order valence-electron chi connectivity index (χ1n) is 7.15. The highest BCUT2D eigenvalue weighted by Gasteiger charge is 2.50. The molecule has 1 N–H and O–H groups in total. The zero-order chi connectivity index (χ0) is 14.0. The molecule has 0 spiro atoms. The van der Waals surface area contributed by atoms with Crippen molar-refractivity contribution in [3.05, 3.63) is 28.2 Å². The molecule has 1 aromatic carbocycles. The van der Waals surface area contributed by atoms with Gasteiger partial charge in [-0.25, -0.2) is 0 Å². The molecule has 2 unspecified atom stereocenters. The number of hydrogen-bond acceptors (Lipinski definition) is 2. The number of halogens is 1. The molecule has 1 aliphatic carbocycles. The van der Waals surface area contributed by atoms with E-state index in [2.05, 4.69) is 60.2 Å². The van der Waals surface area contributed by atoms with Gasteiger partial charge < -0.3 is 10.1 Å². The highest BCUT2D eigenvalue weighted by molar-refractivity contribution is 9.10. The van der Waals surface area contributed by atoms with E-state index in [1.165, 1.54) is 12.0 Å². The number of ether oxygens (including phenoxy) is 1. The van der Waals surface area contributed by atoms with Gasteiger partial charge in [0.25, 0.3) is 0 Å². The van der Waals surface area contributed by atoms with Crippen molar-refractivity contribution in [1.82, 2.24) is 5.32 Å². The molecule has 1 saturated carbocycles. The second kappa shape index (κ2) is 5.84. The van der Waals surface area contributed by atoms with Crippen LogP contribution in [0.25, 0.3) is 0 Å². The quantitative estimate of drug-likeness (QED) is 0.828. The van der Waals surface area contributed by atoms with Gasteiger partial charge in [0, 0.05) is 16.1 Å². The predicted molar refractivity (Wildman–Crippen MR) is 83.6 cm³/mol. The molecule has 0 heterocycles. The van der Waals surface area contributed by atoms with Crippen LogP contribution in [0.4, 0.5) is 0 Å². The van der Waals surface area contributed by atoms with Crippen LogP contribution < -0.4 is 10.1 Å². The van der Waals surface area contributed by atoms with E-state index >= 15 is 0 Å². The van der Waals surface area contributed by atoms with Crippen molar-refractivity contribution >= 4 is 15.9 Å². The van der Waals surface area contributed by atoms with Gasteiger partial charge in [-0.05, 0) is 49.4 Å². The number of nitrogens with one attached hydrogen (secondary N) is 1. The highest BCUT2D eigenvalue weighted by atomic mass is 79.9. The Balaban J connectivity index is 2.32. The fraction of sp³-hybridized carbons (Fsp3) is 0.625. The van der Waals surface area contributed by atoms with Crippen molar-refractivity contribution in [2.24, 2.45) is 11.3 Å². The summed E-state index contributed by atoms with van der Waals surface area (Å²) >= 11 is 3.58.